The number of hydrogen-bond acceptors (Lipinski definition) is 3. The Hall–Kier alpha value is -0.130. The third kappa shape index (κ3) is 2.25. The molecule has 3 fully saturated rings. The predicted octanol–water partition coefficient (Wildman–Crippen LogP) is 1.27. The van der Waals surface area contributed by atoms with Crippen LogP contribution in [-0.2, 0) is 14.8 Å². The molecule has 1 heterocycles. The Morgan fingerprint density at radius 2 is 2.00 bits per heavy atom. The molecule has 0 radical (unpaired) electrons. The van der Waals surface area contributed by atoms with Gasteiger partial charge < -0.3 is 4.74 Å². The van der Waals surface area contributed by atoms with E-state index in [4.69, 9.17) is 4.74 Å². The topological polar surface area (TPSA) is 55.4 Å². The molecule has 5 heteroatoms. The van der Waals surface area contributed by atoms with Crippen molar-refractivity contribution in [2.75, 3.05) is 19.8 Å². The molecule has 1 saturated heterocycles. The van der Waals surface area contributed by atoms with Crippen LogP contribution < -0.4 is 4.72 Å². The summed E-state index contributed by atoms with van der Waals surface area (Å²) < 4.78 is 32.2. The van der Waals surface area contributed by atoms with E-state index in [-0.39, 0.29) is 5.25 Å². The van der Waals surface area contributed by atoms with Crippen LogP contribution in [0.15, 0.2) is 0 Å². The van der Waals surface area contributed by atoms with Gasteiger partial charge in [0.25, 0.3) is 0 Å². The summed E-state index contributed by atoms with van der Waals surface area (Å²) in [6, 6.07) is 0. The van der Waals surface area contributed by atoms with Gasteiger partial charge in [0.15, 0.2) is 0 Å². The van der Waals surface area contributed by atoms with Gasteiger partial charge in [-0.2, -0.15) is 0 Å². The van der Waals surface area contributed by atoms with Gasteiger partial charge in [-0.3, -0.25) is 0 Å². The molecule has 98 valence electrons. The lowest BCUT2D eigenvalue weighted by Crippen LogP contribution is -2.46. The summed E-state index contributed by atoms with van der Waals surface area (Å²) in [6.07, 6.45) is 6.93. The van der Waals surface area contributed by atoms with Crippen molar-refractivity contribution in [2.24, 2.45) is 11.3 Å². The van der Waals surface area contributed by atoms with Crippen molar-refractivity contribution in [3.63, 3.8) is 0 Å². The van der Waals surface area contributed by atoms with Gasteiger partial charge in [-0.05, 0) is 43.4 Å². The minimum atomic E-state index is -3.15. The van der Waals surface area contributed by atoms with Crippen LogP contribution in [0, 0.1) is 11.3 Å². The quantitative estimate of drug-likeness (QED) is 0.809. The minimum absolute atomic E-state index is 0.312. The second-order valence-corrected chi connectivity index (χ2v) is 7.89. The SMILES string of the molecule is O=S(=O)(NCC1(C2CC2)CCC1)C1CCOC1. The fourth-order valence-electron chi connectivity index (χ4n) is 3.18. The molecule has 1 unspecified atom stereocenters. The molecule has 1 aliphatic heterocycles. The molecular formula is C12H21NO3S. The average Bonchev–Trinajstić information content (AvgIpc) is 2.92. The molecule has 2 aliphatic carbocycles. The molecule has 1 atom stereocenters. The zero-order chi connectivity index (χ0) is 11.9. The largest absolute Gasteiger partial charge is 0.380 e. The zero-order valence-electron chi connectivity index (χ0n) is 10.2. The Bertz CT molecular complexity index is 379. The Labute approximate surface area is 103 Å². The third-order valence-electron chi connectivity index (χ3n) is 4.74. The molecule has 0 spiro atoms. The number of sulfonamides is 1. The predicted molar refractivity (Wildman–Crippen MR) is 65.2 cm³/mol. The van der Waals surface area contributed by atoms with Gasteiger partial charge in [0.2, 0.25) is 10.0 Å². The first-order chi connectivity index (χ1) is 8.12. The molecule has 4 nitrogen and oxygen atoms in total. The Kier molecular flexibility index (Phi) is 2.96. The molecule has 0 aromatic heterocycles. The van der Waals surface area contributed by atoms with E-state index in [1.54, 1.807) is 0 Å². The molecule has 3 rings (SSSR count). The maximum atomic E-state index is 12.1. The minimum Gasteiger partial charge on any atom is -0.380 e. The summed E-state index contributed by atoms with van der Waals surface area (Å²) in [5.41, 5.74) is 0.312. The second kappa shape index (κ2) is 4.21. The smallest absolute Gasteiger partial charge is 0.216 e. The lowest BCUT2D eigenvalue weighted by molar-refractivity contribution is 0.107. The van der Waals surface area contributed by atoms with Gasteiger partial charge in [-0.1, -0.05) is 6.42 Å². The highest BCUT2D eigenvalue weighted by Crippen LogP contribution is 2.56. The van der Waals surface area contributed by atoms with Crippen molar-refractivity contribution < 1.29 is 13.2 Å². The first-order valence-corrected chi connectivity index (χ1v) is 8.23. The van der Waals surface area contributed by atoms with Crippen molar-refractivity contribution in [2.45, 2.75) is 43.8 Å². The second-order valence-electron chi connectivity index (χ2n) is 5.84. The van der Waals surface area contributed by atoms with E-state index in [0.717, 1.165) is 5.92 Å². The number of nitrogens with one attached hydrogen (secondary N) is 1. The molecule has 0 aromatic carbocycles. The van der Waals surface area contributed by atoms with E-state index in [9.17, 15) is 8.42 Å². The van der Waals surface area contributed by atoms with Crippen molar-refractivity contribution in [1.82, 2.24) is 4.72 Å². The maximum Gasteiger partial charge on any atom is 0.216 e. The fourth-order valence-corrected chi connectivity index (χ4v) is 4.58. The third-order valence-corrected chi connectivity index (χ3v) is 6.54. The summed E-state index contributed by atoms with van der Waals surface area (Å²) in [5, 5.41) is -0.321. The van der Waals surface area contributed by atoms with E-state index in [1.807, 2.05) is 0 Å². The number of hydrogen-bond donors (Lipinski definition) is 1. The van der Waals surface area contributed by atoms with Gasteiger partial charge in [0.1, 0.15) is 5.25 Å². The zero-order valence-corrected chi connectivity index (χ0v) is 11.0. The van der Waals surface area contributed by atoms with Crippen LogP contribution in [0.4, 0.5) is 0 Å². The van der Waals surface area contributed by atoms with Gasteiger partial charge in [-0.25, -0.2) is 13.1 Å². The highest BCUT2D eigenvalue weighted by atomic mass is 32.2. The molecule has 3 aliphatic rings. The van der Waals surface area contributed by atoms with E-state index >= 15 is 0 Å². The summed E-state index contributed by atoms with van der Waals surface area (Å²) in [4.78, 5) is 0. The lowest BCUT2D eigenvalue weighted by atomic mass is 9.65. The van der Waals surface area contributed by atoms with E-state index < -0.39 is 10.0 Å². The molecule has 0 bridgehead atoms. The Morgan fingerprint density at radius 3 is 2.47 bits per heavy atom. The van der Waals surface area contributed by atoms with Crippen molar-refractivity contribution >= 4 is 10.0 Å². The first kappa shape index (κ1) is 11.9. The number of rotatable bonds is 5. The monoisotopic (exact) mass is 259 g/mol. The van der Waals surface area contributed by atoms with E-state index in [2.05, 4.69) is 4.72 Å². The van der Waals surface area contributed by atoms with Crippen molar-refractivity contribution in [3.8, 4) is 0 Å². The van der Waals surface area contributed by atoms with Crippen LogP contribution in [0.3, 0.4) is 0 Å². The number of ether oxygens (including phenoxy) is 1. The molecule has 17 heavy (non-hydrogen) atoms. The van der Waals surface area contributed by atoms with Crippen LogP contribution in [-0.4, -0.2) is 33.4 Å². The molecular weight excluding hydrogens is 238 g/mol. The normalized spacial score (nSPS) is 32.4. The summed E-state index contributed by atoms with van der Waals surface area (Å²) >= 11 is 0. The Morgan fingerprint density at radius 1 is 1.24 bits per heavy atom. The maximum absolute atomic E-state index is 12.1. The van der Waals surface area contributed by atoms with Crippen molar-refractivity contribution in [3.05, 3.63) is 0 Å². The van der Waals surface area contributed by atoms with Crippen LogP contribution in [0.25, 0.3) is 0 Å². The summed E-state index contributed by atoms with van der Waals surface area (Å²) in [6.45, 7) is 1.61. The highest BCUT2D eigenvalue weighted by molar-refractivity contribution is 7.90. The van der Waals surface area contributed by atoms with Crippen LogP contribution in [0.5, 0.6) is 0 Å². The van der Waals surface area contributed by atoms with E-state index in [1.165, 1.54) is 32.1 Å². The van der Waals surface area contributed by atoms with Crippen LogP contribution >= 0.6 is 0 Å². The van der Waals surface area contributed by atoms with Gasteiger partial charge in [0, 0.05) is 13.2 Å². The average molecular weight is 259 g/mol. The van der Waals surface area contributed by atoms with Crippen molar-refractivity contribution in [1.29, 1.82) is 0 Å². The molecule has 0 amide bonds. The van der Waals surface area contributed by atoms with Gasteiger partial charge in [-0.15, -0.1) is 0 Å². The summed E-state index contributed by atoms with van der Waals surface area (Å²) in [7, 11) is -3.15. The van der Waals surface area contributed by atoms with Crippen LogP contribution in [0.2, 0.25) is 0 Å². The highest BCUT2D eigenvalue weighted by Gasteiger charge is 2.49. The fraction of sp³-hybridized carbons (Fsp3) is 1.00. The molecule has 2 saturated carbocycles. The lowest BCUT2D eigenvalue weighted by Gasteiger charge is -2.42. The van der Waals surface area contributed by atoms with Gasteiger partial charge in [0.05, 0.1) is 6.61 Å². The van der Waals surface area contributed by atoms with Crippen LogP contribution in [0.1, 0.15) is 38.5 Å². The van der Waals surface area contributed by atoms with Gasteiger partial charge >= 0.3 is 0 Å². The van der Waals surface area contributed by atoms with E-state index in [0.29, 0.717) is 31.6 Å². The standard InChI is InChI=1S/C12H21NO3S/c14-17(15,11-4-7-16-8-11)13-9-12(5-1-6-12)10-2-3-10/h10-11,13H,1-9H2. The Balaban J connectivity index is 1.59. The molecule has 0 aromatic rings. The molecule has 1 N–H and O–H groups in total. The first-order valence-electron chi connectivity index (χ1n) is 6.69. The summed E-state index contributed by atoms with van der Waals surface area (Å²) in [5.74, 6) is 0.791.